The van der Waals surface area contributed by atoms with Crippen molar-refractivity contribution in [3.8, 4) is 0 Å². The number of benzene rings is 1. The van der Waals surface area contributed by atoms with Gasteiger partial charge in [0.1, 0.15) is 18.3 Å². The molecule has 3 rings (SSSR count). The second-order valence-corrected chi connectivity index (χ2v) is 7.07. The van der Waals surface area contributed by atoms with E-state index in [-0.39, 0.29) is 6.61 Å². The maximum atomic E-state index is 11.6. The molecule has 1 aromatic rings. The van der Waals surface area contributed by atoms with Crippen LogP contribution in [0, 0.1) is 0 Å². The molecule has 0 saturated carbocycles. The highest BCUT2D eigenvalue weighted by atomic mass is 32.2. The summed E-state index contributed by atoms with van der Waals surface area (Å²) in [5.74, 6) is 0. The zero-order valence-electron chi connectivity index (χ0n) is 12.7. The summed E-state index contributed by atoms with van der Waals surface area (Å²) in [6.45, 7) is -0.130. The van der Waals surface area contributed by atoms with Crippen molar-refractivity contribution in [3.63, 3.8) is 0 Å². The first-order chi connectivity index (χ1) is 11.3. The fourth-order valence-corrected chi connectivity index (χ4v) is 3.79. The van der Waals surface area contributed by atoms with Gasteiger partial charge in [-0.05, 0) is 0 Å². The predicted molar refractivity (Wildman–Crippen MR) is 78.2 cm³/mol. The molecule has 0 amide bonds. The number of aliphatic hydroxyl groups excluding tert-OH is 2. The Labute approximate surface area is 138 Å². The van der Waals surface area contributed by atoms with Crippen LogP contribution in [0.15, 0.2) is 30.3 Å². The van der Waals surface area contributed by atoms with Crippen molar-refractivity contribution in [2.24, 2.45) is 0 Å². The van der Waals surface area contributed by atoms with Gasteiger partial charge < -0.3 is 29.2 Å². The van der Waals surface area contributed by atoms with Crippen molar-refractivity contribution in [2.75, 3.05) is 13.7 Å². The van der Waals surface area contributed by atoms with Gasteiger partial charge in [0.05, 0.1) is 6.61 Å². The quantitative estimate of drug-likeness (QED) is 0.604. The van der Waals surface area contributed by atoms with Crippen molar-refractivity contribution in [2.45, 2.75) is 35.8 Å². The van der Waals surface area contributed by atoms with E-state index in [1.165, 1.54) is 0 Å². The van der Waals surface area contributed by atoms with Crippen molar-refractivity contribution in [1.29, 1.82) is 0 Å². The van der Waals surface area contributed by atoms with Gasteiger partial charge in [0.15, 0.2) is 12.4 Å². The van der Waals surface area contributed by atoms with E-state index in [4.69, 9.17) is 18.9 Å². The third-order valence-corrected chi connectivity index (χ3v) is 5.34. The number of aliphatic hydroxyl groups is 2. The molecule has 0 spiro atoms. The molecule has 0 bridgehead atoms. The Morgan fingerprint density at radius 1 is 1.25 bits per heavy atom. The molecule has 6 atom stereocenters. The molecule has 0 aliphatic carbocycles. The standard InChI is InChI=1S/C14H18O9S/c1-20-14(24(17,18)19)12(16)10(15)11-9(23-14)7-21-13(22-11)8-5-3-2-4-6-8/h2-6,9-13,15-16H,7H2,1H3,(H,17,18,19)/t9-,10+,11+,12-,13?,14+/m1/s1. The molecule has 9 nitrogen and oxygen atoms in total. The molecular weight excluding hydrogens is 344 g/mol. The summed E-state index contributed by atoms with van der Waals surface area (Å²) in [5, 5.41) is 17.7. The summed E-state index contributed by atoms with van der Waals surface area (Å²) >= 11 is 0. The third-order valence-electron chi connectivity index (χ3n) is 4.11. The molecule has 2 fully saturated rings. The van der Waals surface area contributed by atoms with Gasteiger partial charge in [0, 0.05) is 12.7 Å². The zero-order valence-corrected chi connectivity index (χ0v) is 13.5. The topological polar surface area (TPSA) is 132 Å². The Morgan fingerprint density at radius 3 is 2.50 bits per heavy atom. The second kappa shape index (κ2) is 6.32. The molecule has 3 N–H and O–H groups in total. The number of ether oxygens (including phenoxy) is 4. The molecule has 2 aliphatic rings. The average Bonchev–Trinajstić information content (AvgIpc) is 2.57. The molecule has 1 unspecified atom stereocenters. The van der Waals surface area contributed by atoms with E-state index < -0.39 is 45.9 Å². The van der Waals surface area contributed by atoms with Gasteiger partial charge in [0.2, 0.25) is 0 Å². The molecule has 2 heterocycles. The lowest BCUT2D eigenvalue weighted by molar-refractivity contribution is -0.372. The smallest absolute Gasteiger partial charge is 0.329 e. The van der Waals surface area contributed by atoms with Crippen LogP contribution in [0.1, 0.15) is 11.9 Å². The number of hydrogen-bond donors (Lipinski definition) is 3. The second-order valence-electron chi connectivity index (χ2n) is 5.55. The largest absolute Gasteiger partial charge is 0.387 e. The minimum absolute atomic E-state index is 0.130. The van der Waals surface area contributed by atoms with Crippen LogP contribution in [0.5, 0.6) is 0 Å². The Bertz CT molecular complexity index is 677. The Hall–Kier alpha value is -1.11. The van der Waals surface area contributed by atoms with Gasteiger partial charge in [-0.2, -0.15) is 8.42 Å². The SMILES string of the molecule is CO[C@]1(S(=O)(=O)O)O[C@@H]2COC(c3ccccc3)O[C@@H]2[C@H](O)[C@H]1O. The lowest BCUT2D eigenvalue weighted by Gasteiger charge is -2.49. The monoisotopic (exact) mass is 362 g/mol. The van der Waals surface area contributed by atoms with Crippen LogP contribution in [-0.4, -0.2) is 66.4 Å². The molecule has 24 heavy (non-hydrogen) atoms. The summed E-state index contributed by atoms with van der Waals surface area (Å²) in [5.41, 5.74) is 0.691. The van der Waals surface area contributed by atoms with Crippen molar-refractivity contribution in [1.82, 2.24) is 0 Å². The first-order valence-corrected chi connectivity index (χ1v) is 8.62. The molecule has 134 valence electrons. The van der Waals surface area contributed by atoms with E-state index in [9.17, 15) is 23.2 Å². The van der Waals surface area contributed by atoms with E-state index in [0.29, 0.717) is 5.56 Å². The van der Waals surface area contributed by atoms with E-state index >= 15 is 0 Å². The number of fused-ring (bicyclic) bond motifs is 1. The van der Waals surface area contributed by atoms with Gasteiger partial charge in [-0.3, -0.25) is 4.55 Å². The van der Waals surface area contributed by atoms with Gasteiger partial charge in [-0.25, -0.2) is 0 Å². The lowest BCUT2D eigenvalue weighted by atomic mass is 9.97. The fourth-order valence-electron chi connectivity index (χ4n) is 2.89. The molecule has 10 heteroatoms. The van der Waals surface area contributed by atoms with Crippen LogP contribution in [0.3, 0.4) is 0 Å². The Balaban J connectivity index is 1.86. The Morgan fingerprint density at radius 2 is 1.92 bits per heavy atom. The van der Waals surface area contributed by atoms with Crippen LogP contribution >= 0.6 is 0 Å². The highest BCUT2D eigenvalue weighted by Crippen LogP contribution is 2.40. The minimum atomic E-state index is -5.00. The van der Waals surface area contributed by atoms with Gasteiger partial charge in [-0.1, -0.05) is 30.3 Å². The molecule has 1 aromatic carbocycles. The highest BCUT2D eigenvalue weighted by Gasteiger charge is 2.63. The van der Waals surface area contributed by atoms with Crippen molar-refractivity contribution in [3.05, 3.63) is 35.9 Å². The maximum Gasteiger partial charge on any atom is 0.329 e. The summed E-state index contributed by atoms with van der Waals surface area (Å²) in [4.78, 5) is 0. The molecular formula is C14H18O9S. The van der Waals surface area contributed by atoms with Crippen molar-refractivity contribution < 1.29 is 42.1 Å². The van der Waals surface area contributed by atoms with Crippen LogP contribution in [0.25, 0.3) is 0 Å². The number of rotatable bonds is 3. The predicted octanol–water partition coefficient (Wildman–Crippen LogP) is -0.591. The maximum absolute atomic E-state index is 11.6. The van der Waals surface area contributed by atoms with E-state index in [1.807, 2.05) is 6.07 Å². The summed E-state index contributed by atoms with van der Waals surface area (Å²) in [6, 6.07) is 8.90. The van der Waals surface area contributed by atoms with Crippen LogP contribution in [0.2, 0.25) is 0 Å². The van der Waals surface area contributed by atoms with Crippen LogP contribution in [0.4, 0.5) is 0 Å². The molecule has 0 aromatic heterocycles. The van der Waals surface area contributed by atoms with E-state index in [0.717, 1.165) is 7.11 Å². The highest BCUT2D eigenvalue weighted by molar-refractivity contribution is 7.87. The number of hydrogen-bond acceptors (Lipinski definition) is 8. The lowest BCUT2D eigenvalue weighted by Crippen LogP contribution is -2.70. The molecule has 0 radical (unpaired) electrons. The van der Waals surface area contributed by atoms with E-state index in [1.54, 1.807) is 24.3 Å². The first-order valence-electron chi connectivity index (χ1n) is 7.18. The average molecular weight is 362 g/mol. The normalized spacial score (nSPS) is 40.1. The summed E-state index contributed by atoms with van der Waals surface area (Å²) in [6.07, 6.45) is -6.69. The third kappa shape index (κ3) is 2.74. The number of methoxy groups -OCH3 is 1. The summed E-state index contributed by atoms with van der Waals surface area (Å²) in [7, 11) is -4.07. The van der Waals surface area contributed by atoms with Crippen LogP contribution in [-0.2, 0) is 29.1 Å². The minimum Gasteiger partial charge on any atom is -0.387 e. The molecule has 2 saturated heterocycles. The van der Waals surface area contributed by atoms with Crippen molar-refractivity contribution >= 4 is 10.1 Å². The first kappa shape index (κ1) is 17.7. The van der Waals surface area contributed by atoms with Gasteiger partial charge in [0.25, 0.3) is 0 Å². The summed E-state index contributed by atoms with van der Waals surface area (Å²) < 4.78 is 53.6. The Kier molecular flexibility index (Phi) is 4.66. The van der Waals surface area contributed by atoms with E-state index in [2.05, 4.69) is 0 Å². The van der Waals surface area contributed by atoms with Gasteiger partial charge in [-0.15, -0.1) is 0 Å². The molecule has 2 aliphatic heterocycles. The fraction of sp³-hybridized carbons (Fsp3) is 0.571. The van der Waals surface area contributed by atoms with Crippen LogP contribution < -0.4 is 0 Å². The zero-order chi connectivity index (χ0) is 17.5. The van der Waals surface area contributed by atoms with Gasteiger partial charge >= 0.3 is 15.2 Å².